The van der Waals surface area contributed by atoms with Gasteiger partial charge in [0.25, 0.3) is 0 Å². The Balaban J connectivity index is 0.000000271. The summed E-state index contributed by atoms with van der Waals surface area (Å²) in [6, 6.07) is 2.46. The molecule has 3 aromatic rings. The van der Waals surface area contributed by atoms with Crippen LogP contribution >= 0.6 is 15.9 Å². The Hall–Kier alpha value is -3.09. The number of rotatable bonds is 6. The molecule has 0 aromatic carbocycles. The molecule has 34 heavy (non-hydrogen) atoms. The Morgan fingerprint density at radius 2 is 2.06 bits per heavy atom. The van der Waals surface area contributed by atoms with Gasteiger partial charge in [0.05, 0.1) is 22.7 Å². The van der Waals surface area contributed by atoms with Crippen LogP contribution in [-0.2, 0) is 0 Å². The van der Waals surface area contributed by atoms with Gasteiger partial charge in [-0.15, -0.1) is 0 Å². The molecule has 1 saturated heterocycles. The Morgan fingerprint density at radius 3 is 2.65 bits per heavy atom. The smallest absolute Gasteiger partial charge is 0.239 e. The highest BCUT2D eigenvalue weighted by Gasteiger charge is 2.18. The third kappa shape index (κ3) is 5.69. The van der Waals surface area contributed by atoms with E-state index in [0.29, 0.717) is 44.6 Å². The Morgan fingerprint density at radius 1 is 1.35 bits per heavy atom. The number of piperidine rings is 1. The fraction of sp³-hybridized carbons (Fsp3) is 0.409. The number of aromatic nitrogens is 4. The van der Waals surface area contributed by atoms with Crippen molar-refractivity contribution in [1.82, 2.24) is 29.7 Å². The molecule has 3 aromatic heterocycles. The van der Waals surface area contributed by atoms with Crippen molar-refractivity contribution in [3.63, 3.8) is 0 Å². The molecule has 0 spiro atoms. The number of carbonyl (C=O) groups is 1. The number of nitrogen functional groups attached to an aromatic ring is 1. The first-order valence-electron chi connectivity index (χ1n) is 10.7. The van der Waals surface area contributed by atoms with E-state index < -0.39 is 0 Å². The number of hydrogen-bond acceptors (Lipinski definition) is 10. The van der Waals surface area contributed by atoms with Crippen LogP contribution in [0.1, 0.15) is 28.9 Å². The van der Waals surface area contributed by atoms with Crippen LogP contribution in [0.25, 0.3) is 11.0 Å². The topological polar surface area (TPSA) is 149 Å². The molecule has 12 heteroatoms. The summed E-state index contributed by atoms with van der Waals surface area (Å²) in [6.07, 6.45) is 5.82. The number of nitrogens with zero attached hydrogens (tertiary/aromatic N) is 5. The van der Waals surface area contributed by atoms with Crippen LogP contribution in [0.3, 0.4) is 0 Å². The molecule has 5 N–H and O–H groups in total. The summed E-state index contributed by atoms with van der Waals surface area (Å²) in [7, 11) is 8.02. The third-order valence-electron chi connectivity index (χ3n) is 5.74. The zero-order chi connectivity index (χ0) is 24.8. The molecule has 182 valence electrons. The second kappa shape index (κ2) is 11.4. The molecule has 0 aliphatic carbocycles. The largest absolute Gasteiger partial charge is 0.479 e. The predicted molar refractivity (Wildman–Crippen MR) is 138 cm³/mol. The van der Waals surface area contributed by atoms with Crippen molar-refractivity contribution in [2.45, 2.75) is 18.9 Å². The summed E-state index contributed by atoms with van der Waals surface area (Å²) in [5, 5.41) is 11.1. The molecule has 0 atom stereocenters. The highest BCUT2D eigenvalue weighted by Crippen LogP contribution is 2.34. The van der Waals surface area contributed by atoms with Crippen LogP contribution in [0.5, 0.6) is 5.88 Å². The molecule has 1 aliphatic rings. The van der Waals surface area contributed by atoms with Crippen molar-refractivity contribution in [3.05, 3.63) is 28.1 Å². The lowest BCUT2D eigenvalue weighted by Gasteiger charge is -2.32. The van der Waals surface area contributed by atoms with Gasteiger partial charge in [0, 0.05) is 17.8 Å². The Kier molecular flexibility index (Phi) is 8.53. The minimum Gasteiger partial charge on any atom is -0.479 e. The lowest BCUT2D eigenvalue weighted by molar-refractivity contribution is 0.111. The Bertz CT molecular complexity index is 1160. The van der Waals surface area contributed by atoms with Crippen molar-refractivity contribution >= 4 is 56.8 Å². The normalized spacial score (nSPS) is 14.5. The van der Waals surface area contributed by atoms with Crippen LogP contribution in [0.4, 0.5) is 17.3 Å². The van der Waals surface area contributed by atoms with Gasteiger partial charge in [-0.2, -0.15) is 4.98 Å². The first kappa shape index (κ1) is 25.5. The summed E-state index contributed by atoms with van der Waals surface area (Å²) in [6.45, 7) is 2.53. The molecule has 0 amide bonds. The molecule has 0 radical (unpaired) electrons. The number of pyridine rings is 1. The lowest BCUT2D eigenvalue weighted by atomic mass is 10.1. The molecule has 0 saturated carbocycles. The molecule has 1 aliphatic heterocycles. The number of halogens is 1. The number of nitrogens with one attached hydrogen (secondary N) is 3. The van der Waals surface area contributed by atoms with Crippen LogP contribution < -0.4 is 15.8 Å². The summed E-state index contributed by atoms with van der Waals surface area (Å²) in [5.74, 6) is 0.885. The number of nitrogens with two attached hydrogens (primary N) is 1. The number of fused-ring (bicyclic) bond motifs is 1. The number of methoxy groups -OCH3 is 1. The maximum Gasteiger partial charge on any atom is 0.239 e. The molecule has 11 nitrogen and oxygen atoms in total. The van der Waals surface area contributed by atoms with Gasteiger partial charge in [-0.3, -0.25) is 4.79 Å². The number of aromatic amines is 1. The molecule has 4 heterocycles. The van der Waals surface area contributed by atoms with Gasteiger partial charge in [-0.1, -0.05) is 0 Å². The van der Waals surface area contributed by atoms with Crippen LogP contribution in [-0.4, -0.2) is 89.6 Å². The molecular formula is C22H30BrN9O2. The van der Waals surface area contributed by atoms with Gasteiger partial charge in [0.1, 0.15) is 29.3 Å². The minimum atomic E-state index is 0.186. The zero-order valence-corrected chi connectivity index (χ0v) is 21.3. The summed E-state index contributed by atoms with van der Waals surface area (Å²) in [5.41, 5.74) is 7.53. The highest BCUT2D eigenvalue weighted by molar-refractivity contribution is 9.10. The van der Waals surface area contributed by atoms with E-state index in [-0.39, 0.29) is 11.7 Å². The maximum absolute atomic E-state index is 11.1. The van der Waals surface area contributed by atoms with Crippen molar-refractivity contribution in [1.29, 1.82) is 5.41 Å². The molecule has 0 unspecified atom stereocenters. The summed E-state index contributed by atoms with van der Waals surface area (Å²) in [4.78, 5) is 31.1. The third-order valence-corrected chi connectivity index (χ3v) is 6.57. The SMILES string of the molecule is CN1CCC(N(C)C)CC1.COc1nc(N)c(C=N)cc1Nc1ncnc2[nH]c(C=O)c(Br)c12. The Labute approximate surface area is 206 Å². The monoisotopic (exact) mass is 531 g/mol. The standard InChI is InChI=1S/C14H12BrN7O2.C8H18N2/c1-24-14-7(2-6(3-16)11(17)22-14)20-12-9-10(15)8(4-23)21-13(9)19-5-18-12;1-9(2)8-4-6-10(3)7-5-8/h2-5,16H,1H3,(H2,17,22)(H2,18,19,20,21);8H,4-7H2,1-3H3. The average Bonchev–Trinajstić information content (AvgIpc) is 3.17. The van der Waals surface area contributed by atoms with Gasteiger partial charge < -0.3 is 36.0 Å². The second-order valence-electron chi connectivity index (χ2n) is 8.20. The zero-order valence-electron chi connectivity index (χ0n) is 19.7. The molecule has 0 bridgehead atoms. The van der Waals surface area contributed by atoms with Gasteiger partial charge in [-0.05, 0) is 69.1 Å². The van der Waals surface area contributed by atoms with Gasteiger partial charge in [0.15, 0.2) is 6.29 Å². The van der Waals surface area contributed by atoms with Crippen molar-refractivity contribution in [3.8, 4) is 5.88 Å². The molecule has 1 fully saturated rings. The van der Waals surface area contributed by atoms with E-state index in [1.165, 1.54) is 39.4 Å². The van der Waals surface area contributed by atoms with E-state index in [1.54, 1.807) is 6.07 Å². The fourth-order valence-electron chi connectivity index (χ4n) is 3.71. The van der Waals surface area contributed by atoms with Crippen LogP contribution in [0, 0.1) is 5.41 Å². The van der Waals surface area contributed by atoms with Crippen LogP contribution in [0.15, 0.2) is 16.9 Å². The lowest BCUT2D eigenvalue weighted by Crippen LogP contribution is -2.40. The van der Waals surface area contributed by atoms with E-state index in [9.17, 15) is 4.79 Å². The molecular weight excluding hydrogens is 502 g/mol. The number of H-pyrrole nitrogens is 1. The number of ether oxygens (including phenoxy) is 1. The van der Waals surface area contributed by atoms with E-state index in [1.807, 2.05) is 0 Å². The summed E-state index contributed by atoms with van der Waals surface area (Å²) < 4.78 is 5.77. The highest BCUT2D eigenvalue weighted by atomic mass is 79.9. The van der Waals surface area contributed by atoms with Crippen LogP contribution in [0.2, 0.25) is 0 Å². The van der Waals surface area contributed by atoms with E-state index in [2.05, 4.69) is 72.1 Å². The number of carbonyl (C=O) groups excluding carboxylic acids is 1. The van der Waals surface area contributed by atoms with Crippen molar-refractivity contribution in [2.75, 3.05) is 52.4 Å². The number of aldehydes is 1. The average molecular weight is 532 g/mol. The van der Waals surface area contributed by atoms with E-state index in [4.69, 9.17) is 15.9 Å². The maximum atomic E-state index is 11.1. The van der Waals surface area contributed by atoms with Gasteiger partial charge >= 0.3 is 0 Å². The first-order valence-corrected chi connectivity index (χ1v) is 11.5. The quantitative estimate of drug-likeness (QED) is 0.278. The van der Waals surface area contributed by atoms with Gasteiger partial charge in [-0.25, -0.2) is 9.97 Å². The first-order chi connectivity index (χ1) is 16.3. The number of hydrogen-bond donors (Lipinski definition) is 4. The van der Waals surface area contributed by atoms with Gasteiger partial charge in [0.2, 0.25) is 5.88 Å². The fourth-order valence-corrected chi connectivity index (χ4v) is 4.27. The predicted octanol–water partition coefficient (Wildman–Crippen LogP) is 2.90. The van der Waals surface area contributed by atoms with Crippen molar-refractivity contribution < 1.29 is 9.53 Å². The number of anilines is 3. The number of likely N-dealkylation sites (tertiary alicyclic amines) is 1. The van der Waals surface area contributed by atoms with Crippen molar-refractivity contribution in [2.24, 2.45) is 0 Å². The molecule has 4 rings (SSSR count). The minimum absolute atomic E-state index is 0.186. The van der Waals surface area contributed by atoms with E-state index >= 15 is 0 Å². The second-order valence-corrected chi connectivity index (χ2v) is 9.00. The summed E-state index contributed by atoms with van der Waals surface area (Å²) >= 11 is 3.37. The van der Waals surface area contributed by atoms with E-state index in [0.717, 1.165) is 12.3 Å².